The Morgan fingerprint density at radius 2 is 1.50 bits per heavy atom. The van der Waals surface area contributed by atoms with Gasteiger partial charge in [0.2, 0.25) is 0 Å². The number of rotatable bonds is 2. The number of hydrogen-bond donors (Lipinski definition) is 4. The third kappa shape index (κ3) is 195. The van der Waals surface area contributed by atoms with Crippen molar-refractivity contribution in [1.82, 2.24) is 0 Å². The first-order valence-corrected chi connectivity index (χ1v) is 2.85. The molecular weight excluding hydrogens is 204 g/mol. The van der Waals surface area contributed by atoms with Crippen LogP contribution in [0.5, 0.6) is 0 Å². The second kappa shape index (κ2) is 13.6. The minimum atomic E-state index is -1.50. The number of hydrogen-bond acceptors (Lipinski definition) is 6. The summed E-state index contributed by atoms with van der Waals surface area (Å²) in [6, 6.07) is 0. The van der Waals surface area contributed by atoms with Crippen LogP contribution in [0.3, 0.4) is 0 Å². The molecule has 1 unspecified atom stereocenters. The molecular formula is C4H10N2O8. The van der Waals surface area contributed by atoms with Crippen molar-refractivity contribution in [3.05, 3.63) is 32.9 Å². The number of aliphatic hydroxyl groups is 2. The molecule has 0 rings (SSSR count). The molecule has 4 N–H and O–H groups in total. The molecule has 0 fully saturated rings. The van der Waals surface area contributed by atoms with Gasteiger partial charge in [-0.25, -0.2) is 0 Å². The van der Waals surface area contributed by atoms with Crippen LogP contribution in [0.4, 0.5) is 0 Å². The summed E-state index contributed by atoms with van der Waals surface area (Å²) in [5.74, 6) is 0. The van der Waals surface area contributed by atoms with Gasteiger partial charge in [0.25, 0.3) is 10.2 Å². The molecule has 10 nitrogen and oxygen atoms in total. The summed E-state index contributed by atoms with van der Waals surface area (Å²) >= 11 is 0. The van der Waals surface area contributed by atoms with Crippen molar-refractivity contribution < 1.29 is 30.8 Å². The third-order valence-corrected chi connectivity index (χ3v) is 0.459. The highest BCUT2D eigenvalue weighted by atomic mass is 16.9. The van der Waals surface area contributed by atoms with E-state index in [9.17, 15) is 0 Å². The van der Waals surface area contributed by atoms with Gasteiger partial charge in [0, 0.05) is 0 Å². The molecule has 0 amide bonds. The zero-order valence-corrected chi connectivity index (χ0v) is 6.89. The van der Waals surface area contributed by atoms with Crippen molar-refractivity contribution in [3.8, 4) is 0 Å². The average Bonchev–Trinajstić information content (AvgIpc) is 2.01. The van der Waals surface area contributed by atoms with Gasteiger partial charge in [-0.2, -0.15) is 0 Å². The van der Waals surface area contributed by atoms with Crippen LogP contribution in [0.15, 0.2) is 12.7 Å². The fourth-order valence-electron chi connectivity index (χ4n) is 0.0745. The Kier molecular flexibility index (Phi) is 17.5. The van der Waals surface area contributed by atoms with E-state index in [1.54, 1.807) is 0 Å². The third-order valence-electron chi connectivity index (χ3n) is 0.459. The number of aliphatic hydroxyl groups excluding tert-OH is 2. The topological polar surface area (TPSA) is 167 Å². The summed E-state index contributed by atoms with van der Waals surface area (Å²) in [7, 11) is 0. The van der Waals surface area contributed by atoms with E-state index >= 15 is 0 Å². The van der Waals surface area contributed by atoms with E-state index in [0.29, 0.717) is 0 Å². The van der Waals surface area contributed by atoms with Crippen LogP contribution >= 0.6 is 0 Å². The molecule has 0 bridgehead atoms. The molecule has 0 aromatic rings. The average molecular weight is 214 g/mol. The standard InChI is InChI=1S/C4H8O2.2HNO3/c1-2-4(6)3-5;2*2-1(3)4/h2,4-6H,1,3H2;2*(H,2,3,4). The minimum Gasteiger partial charge on any atom is -0.393 e. The van der Waals surface area contributed by atoms with Gasteiger partial charge in [-0.15, -0.1) is 26.8 Å². The Morgan fingerprint density at radius 3 is 1.50 bits per heavy atom. The lowest BCUT2D eigenvalue weighted by atomic mass is 10.4. The molecule has 0 aromatic heterocycles. The number of nitrogens with zero attached hydrogens (tertiary/aromatic N) is 2. The normalized spacial score (nSPS) is 9.29. The van der Waals surface area contributed by atoms with Crippen molar-refractivity contribution in [2.75, 3.05) is 6.61 Å². The first kappa shape index (κ1) is 18.0. The quantitative estimate of drug-likeness (QED) is 0.253. The van der Waals surface area contributed by atoms with Crippen LogP contribution in [0.25, 0.3) is 0 Å². The van der Waals surface area contributed by atoms with Crippen LogP contribution in [0, 0.1) is 20.2 Å². The highest BCUT2D eigenvalue weighted by Gasteiger charge is 1.87. The lowest BCUT2D eigenvalue weighted by molar-refractivity contribution is -0.742. The van der Waals surface area contributed by atoms with E-state index in [0.717, 1.165) is 0 Å². The molecule has 0 aliphatic rings. The summed E-state index contributed by atoms with van der Waals surface area (Å²) in [5, 5.41) is 43.6. The first-order valence-electron chi connectivity index (χ1n) is 2.85. The van der Waals surface area contributed by atoms with E-state index in [-0.39, 0.29) is 6.61 Å². The van der Waals surface area contributed by atoms with E-state index in [2.05, 4.69) is 6.58 Å². The van der Waals surface area contributed by atoms with Gasteiger partial charge >= 0.3 is 0 Å². The first-order chi connectivity index (χ1) is 6.27. The fourth-order valence-corrected chi connectivity index (χ4v) is 0.0745. The lowest BCUT2D eigenvalue weighted by Crippen LogP contribution is -2.05. The predicted octanol–water partition coefficient (Wildman–Crippen LogP) is -1.17. The maximum Gasteiger partial charge on any atom is 0.291 e. The zero-order valence-electron chi connectivity index (χ0n) is 6.89. The van der Waals surface area contributed by atoms with Crippen LogP contribution < -0.4 is 0 Å². The Labute approximate surface area is 77.5 Å². The van der Waals surface area contributed by atoms with E-state index in [1.807, 2.05) is 0 Å². The largest absolute Gasteiger partial charge is 0.393 e. The molecule has 10 heteroatoms. The highest BCUT2D eigenvalue weighted by molar-refractivity contribution is 4.75. The van der Waals surface area contributed by atoms with Gasteiger partial charge < -0.3 is 20.6 Å². The molecule has 0 aromatic carbocycles. The molecule has 14 heavy (non-hydrogen) atoms. The Balaban J connectivity index is -0.000000135. The smallest absolute Gasteiger partial charge is 0.291 e. The summed E-state index contributed by atoms with van der Waals surface area (Å²) in [6.45, 7) is 2.99. The second-order valence-electron chi connectivity index (χ2n) is 1.46. The molecule has 0 aliphatic heterocycles. The van der Waals surface area contributed by atoms with Crippen LogP contribution in [0.1, 0.15) is 0 Å². The highest BCUT2D eigenvalue weighted by Crippen LogP contribution is 1.75. The molecule has 84 valence electrons. The summed E-state index contributed by atoms with van der Waals surface area (Å²) in [4.78, 5) is 16.7. The van der Waals surface area contributed by atoms with E-state index in [4.69, 9.17) is 40.9 Å². The van der Waals surface area contributed by atoms with E-state index in [1.165, 1.54) is 6.08 Å². The summed E-state index contributed by atoms with van der Waals surface area (Å²) < 4.78 is 0. The van der Waals surface area contributed by atoms with Crippen molar-refractivity contribution in [1.29, 1.82) is 0 Å². The van der Waals surface area contributed by atoms with Gasteiger partial charge in [0.15, 0.2) is 0 Å². The molecule has 0 aliphatic carbocycles. The summed E-state index contributed by atoms with van der Waals surface area (Å²) in [6.07, 6.45) is 0.532. The summed E-state index contributed by atoms with van der Waals surface area (Å²) in [5.41, 5.74) is 0. The monoisotopic (exact) mass is 214 g/mol. The van der Waals surface area contributed by atoms with Gasteiger partial charge in [-0.3, -0.25) is 0 Å². The lowest BCUT2D eigenvalue weighted by Gasteiger charge is -1.93. The Morgan fingerprint density at radius 1 is 1.29 bits per heavy atom. The van der Waals surface area contributed by atoms with Gasteiger partial charge in [-0.1, -0.05) is 6.08 Å². The van der Waals surface area contributed by atoms with Crippen molar-refractivity contribution >= 4 is 0 Å². The van der Waals surface area contributed by atoms with Crippen molar-refractivity contribution in [2.45, 2.75) is 6.10 Å². The van der Waals surface area contributed by atoms with Crippen LogP contribution in [0.2, 0.25) is 0 Å². The maximum absolute atomic E-state index is 8.36. The van der Waals surface area contributed by atoms with Gasteiger partial charge in [0.05, 0.1) is 12.7 Å². The van der Waals surface area contributed by atoms with Crippen LogP contribution in [-0.2, 0) is 0 Å². The van der Waals surface area contributed by atoms with Gasteiger partial charge in [0.1, 0.15) is 0 Å². The van der Waals surface area contributed by atoms with E-state index < -0.39 is 16.3 Å². The van der Waals surface area contributed by atoms with Crippen molar-refractivity contribution in [2.24, 2.45) is 0 Å². The molecule has 0 radical (unpaired) electrons. The predicted molar refractivity (Wildman–Crippen MR) is 40.9 cm³/mol. The minimum absolute atomic E-state index is 0.233. The molecule has 0 heterocycles. The SMILES string of the molecule is C=CC(O)CO.O=[N+]([O-])O.O=[N+]([O-])O. The van der Waals surface area contributed by atoms with Crippen LogP contribution in [-0.4, -0.2) is 43.5 Å². The maximum atomic E-state index is 8.36. The molecule has 0 spiro atoms. The zero-order chi connectivity index (χ0) is 12.1. The molecule has 1 atom stereocenters. The second-order valence-corrected chi connectivity index (χ2v) is 1.46. The van der Waals surface area contributed by atoms with Gasteiger partial charge in [-0.05, 0) is 0 Å². The molecule has 0 saturated heterocycles. The fraction of sp³-hybridized carbons (Fsp3) is 0.500. The Hall–Kier alpha value is -1.94. The van der Waals surface area contributed by atoms with Crippen molar-refractivity contribution in [3.63, 3.8) is 0 Å². The molecule has 0 saturated carbocycles. The Bertz CT molecular complexity index is 151.